The van der Waals surface area contributed by atoms with Crippen molar-refractivity contribution in [1.82, 2.24) is 9.80 Å². The lowest BCUT2D eigenvalue weighted by molar-refractivity contribution is -0.159. The van der Waals surface area contributed by atoms with Crippen LogP contribution < -0.4 is 0 Å². The molecule has 2 saturated heterocycles. The second-order valence-electron chi connectivity index (χ2n) is 6.99. The van der Waals surface area contributed by atoms with E-state index in [9.17, 15) is 13.6 Å². The van der Waals surface area contributed by atoms with Crippen LogP contribution in [0.2, 0.25) is 0 Å². The molecule has 0 aromatic carbocycles. The van der Waals surface area contributed by atoms with Gasteiger partial charge in [0, 0.05) is 49.7 Å². The third-order valence-electron chi connectivity index (χ3n) is 4.90. The van der Waals surface area contributed by atoms with Crippen molar-refractivity contribution in [2.45, 2.75) is 18.8 Å². The number of amides is 1. The molecule has 3 aliphatic rings. The van der Waals surface area contributed by atoms with Gasteiger partial charge in [-0.2, -0.15) is 0 Å². The van der Waals surface area contributed by atoms with E-state index in [-0.39, 0.29) is 24.2 Å². The fourth-order valence-electron chi connectivity index (χ4n) is 3.95. The number of hydrogen-bond acceptors (Lipinski definition) is 3. The van der Waals surface area contributed by atoms with Crippen LogP contribution in [0.4, 0.5) is 8.78 Å². The van der Waals surface area contributed by atoms with Gasteiger partial charge in [-0.15, -0.1) is 0 Å². The quantitative estimate of drug-likeness (QED) is 0.779. The molecule has 1 amide bonds. The normalized spacial score (nSPS) is 36.2. The zero-order valence-corrected chi connectivity index (χ0v) is 12.1. The Morgan fingerprint density at radius 2 is 2.10 bits per heavy atom. The molecule has 0 spiro atoms. The first-order valence-corrected chi connectivity index (χ1v) is 7.20. The summed E-state index contributed by atoms with van der Waals surface area (Å²) in [6.07, 6.45) is -0.547. The molecule has 0 aromatic heterocycles. The van der Waals surface area contributed by atoms with Gasteiger partial charge in [-0.3, -0.25) is 4.79 Å². The lowest BCUT2D eigenvalue weighted by Crippen LogP contribution is -2.47. The summed E-state index contributed by atoms with van der Waals surface area (Å²) in [5.74, 6) is -2.83. The first-order chi connectivity index (χ1) is 9.31. The minimum absolute atomic E-state index is 0.00851. The molecule has 0 unspecified atom stereocenters. The van der Waals surface area contributed by atoms with E-state index >= 15 is 0 Å². The highest BCUT2D eigenvalue weighted by atomic mass is 19.3. The number of alkyl halides is 2. The predicted octanol–water partition coefficient (Wildman–Crippen LogP) is 1.07. The fourth-order valence-corrected chi connectivity index (χ4v) is 3.95. The Kier molecular flexibility index (Phi) is 3.29. The lowest BCUT2D eigenvalue weighted by Gasteiger charge is -2.37. The zero-order valence-electron chi connectivity index (χ0n) is 12.1. The minimum Gasteiger partial charge on any atom is -0.380 e. The molecule has 0 aromatic rings. The van der Waals surface area contributed by atoms with Crippen LogP contribution in [0.3, 0.4) is 0 Å². The topological polar surface area (TPSA) is 32.8 Å². The summed E-state index contributed by atoms with van der Waals surface area (Å²) >= 11 is 0. The smallest absolute Gasteiger partial charge is 0.249 e. The summed E-state index contributed by atoms with van der Waals surface area (Å²) < 4.78 is 31.4. The molecule has 4 nitrogen and oxygen atoms in total. The summed E-state index contributed by atoms with van der Waals surface area (Å²) in [4.78, 5) is 16.2. The standard InChI is InChI=1S/C14H22F2N2O2/c1-17(2)7-13-8-18(5-11(13)6-20-9-13)12(19)10-3-14(15,16)4-10/h10-11H,3-9H2,1-2H3/t11-,13+/m1/s1. The number of carbonyl (C=O) groups is 1. The van der Waals surface area contributed by atoms with Crippen molar-refractivity contribution in [3.63, 3.8) is 0 Å². The van der Waals surface area contributed by atoms with E-state index in [2.05, 4.69) is 4.90 Å². The van der Waals surface area contributed by atoms with E-state index in [1.54, 1.807) is 4.90 Å². The largest absolute Gasteiger partial charge is 0.380 e. The number of carbonyl (C=O) groups excluding carboxylic acids is 1. The highest BCUT2D eigenvalue weighted by Gasteiger charge is 2.55. The third-order valence-corrected chi connectivity index (χ3v) is 4.90. The first kappa shape index (κ1) is 14.2. The molecule has 0 bridgehead atoms. The summed E-state index contributed by atoms with van der Waals surface area (Å²) in [7, 11) is 4.03. The molecule has 2 atom stereocenters. The molecule has 3 fully saturated rings. The van der Waals surface area contributed by atoms with E-state index in [1.807, 2.05) is 14.1 Å². The molecular formula is C14H22F2N2O2. The van der Waals surface area contributed by atoms with Gasteiger partial charge in [0.2, 0.25) is 11.8 Å². The van der Waals surface area contributed by atoms with Gasteiger partial charge in [0.05, 0.1) is 13.2 Å². The minimum atomic E-state index is -2.62. The number of hydrogen-bond donors (Lipinski definition) is 0. The number of fused-ring (bicyclic) bond motifs is 1. The van der Waals surface area contributed by atoms with Crippen molar-refractivity contribution in [2.24, 2.45) is 17.3 Å². The molecule has 20 heavy (non-hydrogen) atoms. The van der Waals surface area contributed by atoms with E-state index in [1.165, 1.54) is 0 Å². The molecule has 6 heteroatoms. The summed E-state index contributed by atoms with van der Waals surface area (Å²) in [5, 5.41) is 0. The molecule has 0 N–H and O–H groups in total. The van der Waals surface area contributed by atoms with Crippen molar-refractivity contribution < 1.29 is 18.3 Å². The Labute approximate surface area is 118 Å². The first-order valence-electron chi connectivity index (χ1n) is 7.20. The predicted molar refractivity (Wildman–Crippen MR) is 69.5 cm³/mol. The molecule has 1 saturated carbocycles. The Bertz CT molecular complexity index is 408. The van der Waals surface area contributed by atoms with E-state index in [0.29, 0.717) is 32.2 Å². The molecule has 1 aliphatic carbocycles. The molecule has 0 radical (unpaired) electrons. The van der Waals surface area contributed by atoms with Gasteiger partial charge in [-0.25, -0.2) is 8.78 Å². The fraction of sp³-hybridized carbons (Fsp3) is 0.929. The number of halogens is 2. The third kappa shape index (κ3) is 2.33. The van der Waals surface area contributed by atoms with E-state index < -0.39 is 11.8 Å². The van der Waals surface area contributed by atoms with Gasteiger partial charge >= 0.3 is 0 Å². The maximum absolute atomic E-state index is 12.9. The SMILES string of the molecule is CN(C)C[C@]12COC[C@H]1CN(C(=O)C1CC(F)(F)C1)C2. The Balaban J connectivity index is 1.65. The van der Waals surface area contributed by atoms with Crippen LogP contribution in [0.25, 0.3) is 0 Å². The van der Waals surface area contributed by atoms with Crippen LogP contribution in [0.5, 0.6) is 0 Å². The van der Waals surface area contributed by atoms with Crippen molar-refractivity contribution in [2.75, 3.05) is 46.9 Å². The Hall–Kier alpha value is -0.750. The highest BCUT2D eigenvalue weighted by Crippen LogP contribution is 2.46. The van der Waals surface area contributed by atoms with Crippen molar-refractivity contribution in [3.05, 3.63) is 0 Å². The van der Waals surface area contributed by atoms with Crippen LogP contribution in [-0.4, -0.2) is 68.6 Å². The second kappa shape index (κ2) is 4.63. The monoisotopic (exact) mass is 288 g/mol. The van der Waals surface area contributed by atoms with Crippen LogP contribution >= 0.6 is 0 Å². The average molecular weight is 288 g/mol. The van der Waals surface area contributed by atoms with Gasteiger partial charge in [-0.1, -0.05) is 0 Å². The lowest BCUT2D eigenvalue weighted by atomic mass is 9.80. The van der Waals surface area contributed by atoms with Crippen LogP contribution in [-0.2, 0) is 9.53 Å². The molecule has 2 aliphatic heterocycles. The number of likely N-dealkylation sites (tertiary alicyclic amines) is 1. The van der Waals surface area contributed by atoms with Crippen molar-refractivity contribution in [1.29, 1.82) is 0 Å². The number of rotatable bonds is 3. The number of nitrogens with zero attached hydrogens (tertiary/aromatic N) is 2. The molecule has 2 heterocycles. The zero-order chi connectivity index (χ0) is 14.5. The van der Waals surface area contributed by atoms with Crippen LogP contribution in [0.15, 0.2) is 0 Å². The average Bonchev–Trinajstić information content (AvgIpc) is 2.79. The van der Waals surface area contributed by atoms with Crippen molar-refractivity contribution >= 4 is 5.91 Å². The molecule has 3 rings (SSSR count). The summed E-state index contributed by atoms with van der Waals surface area (Å²) in [6, 6.07) is 0. The van der Waals surface area contributed by atoms with Gasteiger partial charge < -0.3 is 14.5 Å². The highest BCUT2D eigenvalue weighted by molar-refractivity contribution is 5.80. The Morgan fingerprint density at radius 1 is 1.40 bits per heavy atom. The van der Waals surface area contributed by atoms with Crippen LogP contribution in [0.1, 0.15) is 12.8 Å². The number of ether oxygens (including phenoxy) is 1. The van der Waals surface area contributed by atoms with Crippen molar-refractivity contribution in [3.8, 4) is 0 Å². The summed E-state index contributed by atoms with van der Waals surface area (Å²) in [5.41, 5.74) is -0.00851. The maximum atomic E-state index is 12.9. The molecular weight excluding hydrogens is 266 g/mol. The maximum Gasteiger partial charge on any atom is 0.249 e. The molecule has 114 valence electrons. The van der Waals surface area contributed by atoms with Gasteiger partial charge in [0.1, 0.15) is 0 Å². The second-order valence-corrected chi connectivity index (χ2v) is 6.99. The van der Waals surface area contributed by atoms with Gasteiger partial charge in [0.25, 0.3) is 0 Å². The summed E-state index contributed by atoms with van der Waals surface area (Å²) in [6.45, 7) is 3.53. The van der Waals surface area contributed by atoms with Crippen LogP contribution in [0, 0.1) is 17.3 Å². The van der Waals surface area contributed by atoms with Gasteiger partial charge in [-0.05, 0) is 14.1 Å². The van der Waals surface area contributed by atoms with Gasteiger partial charge in [0.15, 0.2) is 0 Å². The van der Waals surface area contributed by atoms with E-state index in [0.717, 1.165) is 6.54 Å². The van der Waals surface area contributed by atoms with E-state index in [4.69, 9.17) is 4.74 Å². The Morgan fingerprint density at radius 3 is 2.70 bits per heavy atom.